The third-order valence-electron chi connectivity index (χ3n) is 5.33. The summed E-state index contributed by atoms with van der Waals surface area (Å²) in [5.74, 6) is 1.45. The van der Waals surface area contributed by atoms with E-state index in [1.54, 1.807) is 6.20 Å². The zero-order valence-electron chi connectivity index (χ0n) is 15.9. The van der Waals surface area contributed by atoms with Crippen molar-refractivity contribution in [1.82, 2.24) is 30.6 Å². The second-order valence-electron chi connectivity index (χ2n) is 7.36. The van der Waals surface area contributed by atoms with Gasteiger partial charge < -0.3 is 25.9 Å². The minimum absolute atomic E-state index is 0.0581. The first-order valence-corrected chi connectivity index (χ1v) is 9.58. The standard InChI is InChI=1S/C18H25N9O/c1-25-10-13(9-22-25)23-17-20-8-5-16(24-17)26-11-14-3-4-15(12-26)27(14)18(28)21-7-2-6-19/h5,8-9,14-15,22H,2-4,7,10-12H2,1H3,(H,21,28)(H,20,23,24)/t14-,15+. The Bertz CT molecular complexity index is 790. The lowest BCUT2D eigenvalue weighted by atomic mass is 10.2. The number of aromatic nitrogens is 2. The van der Waals surface area contributed by atoms with Crippen LogP contribution in [0, 0.1) is 11.3 Å². The number of nitriles is 1. The van der Waals surface area contributed by atoms with Crippen molar-refractivity contribution in [2.24, 2.45) is 0 Å². The van der Waals surface area contributed by atoms with Crippen molar-refractivity contribution < 1.29 is 4.79 Å². The lowest BCUT2D eigenvalue weighted by molar-refractivity contribution is 0.162. The highest BCUT2D eigenvalue weighted by atomic mass is 16.2. The second-order valence-corrected chi connectivity index (χ2v) is 7.36. The average molecular weight is 383 g/mol. The summed E-state index contributed by atoms with van der Waals surface area (Å²) in [7, 11) is 1.97. The molecule has 2 bridgehead atoms. The molecule has 2 atom stereocenters. The number of hydrazine groups is 1. The number of anilines is 2. The van der Waals surface area contributed by atoms with E-state index in [9.17, 15) is 4.79 Å². The van der Waals surface area contributed by atoms with Gasteiger partial charge in [-0.05, 0) is 18.9 Å². The number of piperazine rings is 1. The quantitative estimate of drug-likeness (QED) is 0.629. The van der Waals surface area contributed by atoms with Crippen LogP contribution in [-0.4, -0.2) is 71.2 Å². The molecule has 3 N–H and O–H groups in total. The molecule has 10 heteroatoms. The van der Waals surface area contributed by atoms with E-state index in [1.165, 1.54) is 0 Å². The fourth-order valence-electron chi connectivity index (χ4n) is 4.08. The number of fused-ring (bicyclic) bond motifs is 2. The predicted molar refractivity (Wildman–Crippen MR) is 104 cm³/mol. The lowest BCUT2D eigenvalue weighted by Gasteiger charge is -2.41. The van der Waals surface area contributed by atoms with Crippen LogP contribution in [0.4, 0.5) is 16.6 Å². The van der Waals surface area contributed by atoms with Crippen molar-refractivity contribution in [3.63, 3.8) is 0 Å². The van der Waals surface area contributed by atoms with E-state index in [2.05, 4.69) is 37.0 Å². The Morgan fingerprint density at radius 1 is 1.39 bits per heavy atom. The Morgan fingerprint density at radius 3 is 2.86 bits per heavy atom. The average Bonchev–Trinajstić information content (AvgIpc) is 3.21. The van der Waals surface area contributed by atoms with Crippen LogP contribution in [0.5, 0.6) is 0 Å². The fraction of sp³-hybridized carbons (Fsp3) is 0.556. The van der Waals surface area contributed by atoms with Gasteiger partial charge >= 0.3 is 6.03 Å². The van der Waals surface area contributed by atoms with Crippen molar-refractivity contribution in [3.8, 4) is 6.07 Å². The van der Waals surface area contributed by atoms with Crippen LogP contribution in [-0.2, 0) is 0 Å². The monoisotopic (exact) mass is 383 g/mol. The third kappa shape index (κ3) is 3.80. The smallest absolute Gasteiger partial charge is 0.318 e. The molecule has 1 aromatic heterocycles. The first kappa shape index (κ1) is 18.3. The topological polar surface area (TPSA) is 112 Å². The van der Waals surface area contributed by atoms with Crippen LogP contribution >= 0.6 is 0 Å². The summed E-state index contributed by atoms with van der Waals surface area (Å²) in [6.45, 7) is 2.67. The molecular weight excluding hydrogens is 358 g/mol. The largest absolute Gasteiger partial charge is 0.352 e. The Hall–Kier alpha value is -3.06. The normalized spacial score (nSPS) is 23.8. The van der Waals surface area contributed by atoms with Crippen LogP contribution in [0.1, 0.15) is 19.3 Å². The van der Waals surface area contributed by atoms with Gasteiger partial charge in [-0.1, -0.05) is 0 Å². The molecule has 0 unspecified atom stereocenters. The number of urea groups is 1. The molecular formula is C18H25N9O. The van der Waals surface area contributed by atoms with Gasteiger partial charge in [-0.25, -0.2) is 14.8 Å². The van der Waals surface area contributed by atoms with E-state index in [4.69, 9.17) is 5.26 Å². The zero-order chi connectivity index (χ0) is 19.5. The number of hydrogen-bond donors (Lipinski definition) is 3. The maximum atomic E-state index is 12.5. The van der Waals surface area contributed by atoms with Gasteiger partial charge in [0.1, 0.15) is 5.82 Å². The van der Waals surface area contributed by atoms with Crippen LogP contribution in [0.25, 0.3) is 0 Å². The maximum absolute atomic E-state index is 12.5. The number of carbonyl (C=O) groups is 1. The zero-order valence-corrected chi connectivity index (χ0v) is 15.9. The first-order valence-electron chi connectivity index (χ1n) is 9.58. The van der Waals surface area contributed by atoms with Crippen LogP contribution < -0.4 is 21.0 Å². The van der Waals surface area contributed by atoms with Gasteiger partial charge in [-0.2, -0.15) is 10.2 Å². The number of amides is 2. The molecule has 2 amide bonds. The molecule has 0 radical (unpaired) electrons. The van der Waals surface area contributed by atoms with Crippen molar-refractivity contribution in [2.75, 3.05) is 43.4 Å². The SMILES string of the molecule is CN1CC(Nc2nccc(N3C[C@H]4CC[C@@H](C3)N4C(=O)NCCC#N)n2)=CN1. The summed E-state index contributed by atoms with van der Waals surface area (Å²) in [6, 6.07) is 4.25. The van der Waals surface area contributed by atoms with Crippen molar-refractivity contribution in [3.05, 3.63) is 24.2 Å². The van der Waals surface area contributed by atoms with E-state index in [-0.39, 0.29) is 18.1 Å². The number of likely N-dealkylation sites (N-methyl/N-ethyl adjacent to an activating group) is 1. The first-order chi connectivity index (χ1) is 13.6. The number of rotatable bonds is 5. The molecule has 3 aliphatic heterocycles. The Morgan fingerprint density at radius 2 is 2.18 bits per heavy atom. The Labute approximate surface area is 164 Å². The van der Waals surface area contributed by atoms with Gasteiger partial charge in [-0.15, -0.1) is 0 Å². The number of carbonyl (C=O) groups excluding carboxylic acids is 1. The number of nitrogens with zero attached hydrogens (tertiary/aromatic N) is 6. The molecule has 0 aromatic carbocycles. The highest BCUT2D eigenvalue weighted by Gasteiger charge is 2.42. The molecule has 2 fully saturated rings. The minimum atomic E-state index is -0.0581. The molecule has 148 valence electrons. The molecule has 3 aliphatic rings. The lowest BCUT2D eigenvalue weighted by Crippen LogP contribution is -2.58. The summed E-state index contributed by atoms with van der Waals surface area (Å²) < 4.78 is 0. The van der Waals surface area contributed by atoms with E-state index >= 15 is 0 Å². The number of nitrogens with one attached hydrogen (secondary N) is 3. The molecule has 28 heavy (non-hydrogen) atoms. The second kappa shape index (κ2) is 7.90. The third-order valence-corrected chi connectivity index (χ3v) is 5.33. The summed E-state index contributed by atoms with van der Waals surface area (Å²) in [6.07, 6.45) is 5.99. The van der Waals surface area contributed by atoms with E-state index in [1.807, 2.05) is 29.2 Å². The summed E-state index contributed by atoms with van der Waals surface area (Å²) in [5.41, 5.74) is 4.12. The van der Waals surface area contributed by atoms with Gasteiger partial charge in [0.25, 0.3) is 0 Å². The highest BCUT2D eigenvalue weighted by Crippen LogP contribution is 2.32. The molecule has 1 aromatic rings. The van der Waals surface area contributed by atoms with Crippen molar-refractivity contribution >= 4 is 17.8 Å². The molecule has 4 rings (SSSR count). The Kier molecular flexibility index (Phi) is 5.16. The highest BCUT2D eigenvalue weighted by molar-refractivity contribution is 5.76. The number of hydrogen-bond acceptors (Lipinski definition) is 8. The van der Waals surface area contributed by atoms with Crippen molar-refractivity contribution in [2.45, 2.75) is 31.3 Å². The predicted octanol–water partition coefficient (Wildman–Crippen LogP) is 0.456. The van der Waals surface area contributed by atoms with Crippen LogP contribution in [0.15, 0.2) is 24.2 Å². The van der Waals surface area contributed by atoms with Crippen LogP contribution in [0.2, 0.25) is 0 Å². The molecule has 0 spiro atoms. The van der Waals surface area contributed by atoms with Gasteiger partial charge in [0, 0.05) is 39.1 Å². The van der Waals surface area contributed by atoms with E-state index in [0.717, 1.165) is 44.0 Å². The van der Waals surface area contributed by atoms with Gasteiger partial charge in [0.2, 0.25) is 5.95 Å². The van der Waals surface area contributed by atoms with Crippen molar-refractivity contribution in [1.29, 1.82) is 5.26 Å². The summed E-state index contributed by atoms with van der Waals surface area (Å²) in [5, 5.41) is 16.7. The molecule has 2 saturated heterocycles. The summed E-state index contributed by atoms with van der Waals surface area (Å²) >= 11 is 0. The van der Waals surface area contributed by atoms with E-state index in [0.29, 0.717) is 18.9 Å². The molecule has 4 heterocycles. The maximum Gasteiger partial charge on any atom is 0.318 e. The summed E-state index contributed by atoms with van der Waals surface area (Å²) in [4.78, 5) is 25.7. The van der Waals surface area contributed by atoms with Gasteiger partial charge in [-0.3, -0.25) is 0 Å². The van der Waals surface area contributed by atoms with Gasteiger partial charge in [0.15, 0.2) is 0 Å². The minimum Gasteiger partial charge on any atom is -0.352 e. The fourth-order valence-corrected chi connectivity index (χ4v) is 4.08. The van der Waals surface area contributed by atoms with Gasteiger partial charge in [0.05, 0.1) is 36.8 Å². The van der Waals surface area contributed by atoms with E-state index < -0.39 is 0 Å². The molecule has 10 nitrogen and oxygen atoms in total. The molecule has 0 aliphatic carbocycles. The Balaban J connectivity index is 1.40. The molecule has 0 saturated carbocycles. The van der Waals surface area contributed by atoms with Crippen LogP contribution in [0.3, 0.4) is 0 Å².